The van der Waals surface area contributed by atoms with Crippen molar-refractivity contribution in [2.24, 2.45) is 0 Å². The molecule has 3 rings (SSSR count). The number of anilines is 1. The first-order chi connectivity index (χ1) is 12.9. The highest BCUT2D eigenvalue weighted by molar-refractivity contribution is 5.93. The lowest BCUT2D eigenvalue weighted by Crippen LogP contribution is -2.21. The Hall–Kier alpha value is -3.28. The Morgan fingerprint density at radius 1 is 1.15 bits per heavy atom. The fourth-order valence-electron chi connectivity index (χ4n) is 2.71. The van der Waals surface area contributed by atoms with Crippen LogP contribution in [0.4, 0.5) is 5.69 Å². The van der Waals surface area contributed by atoms with Crippen LogP contribution in [0, 0.1) is 0 Å². The molecule has 0 saturated heterocycles. The van der Waals surface area contributed by atoms with E-state index in [1.807, 2.05) is 24.3 Å². The highest BCUT2D eigenvalue weighted by atomic mass is 16.5. The molecule has 3 aromatic rings. The fraction of sp³-hybridized carbons (Fsp3) is 0.238. The third-order valence-electron chi connectivity index (χ3n) is 4.20. The second kappa shape index (κ2) is 7.95. The molecule has 27 heavy (non-hydrogen) atoms. The number of carbonyl (C=O) groups is 2. The van der Waals surface area contributed by atoms with Crippen LogP contribution >= 0.6 is 0 Å². The van der Waals surface area contributed by atoms with E-state index < -0.39 is 11.9 Å². The average Bonchev–Trinajstić information content (AvgIpc) is 3.02. The Balaban J connectivity index is 1.51. The second-order valence-electron chi connectivity index (χ2n) is 6.60. The number of esters is 1. The Bertz CT molecular complexity index is 956. The normalized spacial score (nSPS) is 10.9. The first kappa shape index (κ1) is 18.5. The van der Waals surface area contributed by atoms with Gasteiger partial charge in [-0.05, 0) is 35.7 Å². The summed E-state index contributed by atoms with van der Waals surface area (Å²) in [5.74, 6) is -0.429. The summed E-state index contributed by atoms with van der Waals surface area (Å²) in [4.78, 5) is 24.0. The van der Waals surface area contributed by atoms with E-state index in [-0.39, 0.29) is 18.8 Å². The van der Waals surface area contributed by atoms with Gasteiger partial charge in [0.05, 0.1) is 12.7 Å². The number of carbonyl (C=O) groups excluding carboxylic acids is 2. The number of hydrogen-bond donors (Lipinski definition) is 2. The van der Waals surface area contributed by atoms with Crippen LogP contribution in [0.15, 0.2) is 53.1 Å². The minimum absolute atomic E-state index is 0.0197. The number of nitrogens with one attached hydrogen (secondary N) is 1. The first-order valence-electron chi connectivity index (χ1n) is 8.67. The van der Waals surface area contributed by atoms with Crippen LogP contribution in [0.25, 0.3) is 11.0 Å². The van der Waals surface area contributed by atoms with Gasteiger partial charge in [0.15, 0.2) is 6.61 Å². The quantitative estimate of drug-likeness (QED) is 0.643. The number of phenolic OH excluding ortho intramolecular Hbond substituents is 1. The zero-order valence-corrected chi connectivity index (χ0v) is 15.2. The van der Waals surface area contributed by atoms with Crippen LogP contribution in [0.2, 0.25) is 0 Å². The number of phenols is 1. The monoisotopic (exact) mass is 367 g/mol. The molecule has 0 atom stereocenters. The second-order valence-corrected chi connectivity index (χ2v) is 6.60. The molecule has 1 heterocycles. The van der Waals surface area contributed by atoms with Gasteiger partial charge < -0.3 is 19.6 Å². The molecule has 0 spiro atoms. The molecule has 0 bridgehead atoms. The van der Waals surface area contributed by atoms with Gasteiger partial charge in [0, 0.05) is 22.7 Å². The largest absolute Gasteiger partial charge is 0.508 e. The third-order valence-corrected chi connectivity index (χ3v) is 4.20. The molecular formula is C21H21NO5. The molecule has 140 valence electrons. The SMILES string of the molecule is CC(C)c1ccc(NC(=O)COC(=O)Cc2coc3cc(O)ccc23)cc1. The van der Waals surface area contributed by atoms with Crippen molar-refractivity contribution >= 4 is 28.5 Å². The van der Waals surface area contributed by atoms with Crippen LogP contribution in [0.5, 0.6) is 5.75 Å². The van der Waals surface area contributed by atoms with Gasteiger partial charge in [0.25, 0.3) is 5.91 Å². The molecule has 6 heteroatoms. The minimum atomic E-state index is -0.531. The standard InChI is InChI=1S/C21H21NO5/c1-13(2)14-3-5-16(6-4-14)22-20(24)12-27-21(25)9-15-11-26-19-10-17(23)7-8-18(15)19/h3-8,10-11,13,23H,9,12H2,1-2H3,(H,22,24). The van der Waals surface area contributed by atoms with Gasteiger partial charge in [-0.1, -0.05) is 26.0 Å². The maximum Gasteiger partial charge on any atom is 0.310 e. The zero-order valence-electron chi connectivity index (χ0n) is 15.2. The van der Waals surface area contributed by atoms with Gasteiger partial charge in [-0.15, -0.1) is 0 Å². The molecule has 1 amide bonds. The van der Waals surface area contributed by atoms with Crippen LogP contribution in [0.3, 0.4) is 0 Å². The van der Waals surface area contributed by atoms with E-state index in [9.17, 15) is 14.7 Å². The zero-order chi connectivity index (χ0) is 19.4. The molecule has 2 N–H and O–H groups in total. The van der Waals surface area contributed by atoms with Crippen LogP contribution in [-0.4, -0.2) is 23.6 Å². The van der Waals surface area contributed by atoms with Gasteiger partial charge in [0.2, 0.25) is 0 Å². The van der Waals surface area contributed by atoms with E-state index in [4.69, 9.17) is 9.15 Å². The van der Waals surface area contributed by atoms with Crippen LogP contribution in [-0.2, 0) is 20.7 Å². The summed E-state index contributed by atoms with van der Waals surface area (Å²) in [6.07, 6.45) is 1.43. The molecule has 0 aliphatic heterocycles. The third kappa shape index (κ3) is 4.67. The van der Waals surface area contributed by atoms with Crippen LogP contribution in [0.1, 0.15) is 30.9 Å². The lowest BCUT2D eigenvalue weighted by atomic mass is 10.0. The van der Waals surface area contributed by atoms with Crippen molar-refractivity contribution in [3.63, 3.8) is 0 Å². The lowest BCUT2D eigenvalue weighted by molar-refractivity contribution is -0.146. The summed E-state index contributed by atoms with van der Waals surface area (Å²) in [5.41, 5.74) is 2.96. The Kier molecular flexibility index (Phi) is 5.45. The summed E-state index contributed by atoms with van der Waals surface area (Å²) in [6, 6.07) is 12.2. The molecular weight excluding hydrogens is 346 g/mol. The highest BCUT2D eigenvalue weighted by Crippen LogP contribution is 2.25. The van der Waals surface area contributed by atoms with E-state index in [1.54, 1.807) is 6.07 Å². The van der Waals surface area contributed by atoms with Gasteiger partial charge in [0.1, 0.15) is 11.3 Å². The van der Waals surface area contributed by atoms with E-state index in [1.165, 1.54) is 24.0 Å². The summed E-state index contributed by atoms with van der Waals surface area (Å²) in [7, 11) is 0. The molecule has 0 aliphatic rings. The maximum absolute atomic E-state index is 12.0. The van der Waals surface area contributed by atoms with Crippen molar-refractivity contribution in [3.8, 4) is 5.75 Å². The number of fused-ring (bicyclic) bond motifs is 1. The van der Waals surface area contributed by atoms with Gasteiger partial charge in [-0.3, -0.25) is 9.59 Å². The predicted molar refractivity (Wildman–Crippen MR) is 102 cm³/mol. The fourth-order valence-corrected chi connectivity index (χ4v) is 2.71. The molecule has 0 aliphatic carbocycles. The van der Waals surface area contributed by atoms with E-state index >= 15 is 0 Å². The molecule has 0 radical (unpaired) electrons. The average molecular weight is 367 g/mol. The van der Waals surface area contributed by atoms with Crippen molar-refractivity contribution in [2.45, 2.75) is 26.2 Å². The Morgan fingerprint density at radius 2 is 1.89 bits per heavy atom. The summed E-state index contributed by atoms with van der Waals surface area (Å²) >= 11 is 0. The van der Waals surface area contributed by atoms with Crippen molar-refractivity contribution in [2.75, 3.05) is 11.9 Å². The number of aromatic hydroxyl groups is 1. The number of hydrogen-bond acceptors (Lipinski definition) is 5. The van der Waals surface area contributed by atoms with E-state index in [2.05, 4.69) is 19.2 Å². The Morgan fingerprint density at radius 3 is 2.59 bits per heavy atom. The molecule has 0 saturated carbocycles. The smallest absolute Gasteiger partial charge is 0.310 e. The maximum atomic E-state index is 12.0. The van der Waals surface area contributed by atoms with Crippen molar-refractivity contribution in [1.29, 1.82) is 0 Å². The number of ether oxygens (including phenoxy) is 1. The van der Waals surface area contributed by atoms with Gasteiger partial charge in [-0.25, -0.2) is 0 Å². The van der Waals surface area contributed by atoms with Gasteiger partial charge in [-0.2, -0.15) is 0 Å². The van der Waals surface area contributed by atoms with Crippen LogP contribution < -0.4 is 5.32 Å². The number of amides is 1. The Labute approximate surface area is 156 Å². The highest BCUT2D eigenvalue weighted by Gasteiger charge is 2.13. The summed E-state index contributed by atoms with van der Waals surface area (Å²) in [6.45, 7) is 3.83. The summed E-state index contributed by atoms with van der Waals surface area (Å²) < 4.78 is 10.4. The molecule has 2 aromatic carbocycles. The first-order valence-corrected chi connectivity index (χ1v) is 8.67. The lowest BCUT2D eigenvalue weighted by Gasteiger charge is -2.09. The van der Waals surface area contributed by atoms with E-state index in [0.717, 1.165) is 5.39 Å². The molecule has 6 nitrogen and oxygen atoms in total. The van der Waals surface area contributed by atoms with Gasteiger partial charge >= 0.3 is 5.97 Å². The topological polar surface area (TPSA) is 88.8 Å². The summed E-state index contributed by atoms with van der Waals surface area (Å²) in [5, 5.41) is 12.9. The number of rotatable bonds is 6. The number of furan rings is 1. The molecule has 0 fully saturated rings. The van der Waals surface area contributed by atoms with E-state index in [0.29, 0.717) is 22.8 Å². The molecule has 0 unspecified atom stereocenters. The predicted octanol–water partition coefficient (Wildman–Crippen LogP) is 3.99. The van der Waals surface area contributed by atoms with Crippen molar-refractivity contribution in [3.05, 3.63) is 59.9 Å². The molecule has 1 aromatic heterocycles. The van der Waals surface area contributed by atoms with Crippen molar-refractivity contribution in [1.82, 2.24) is 0 Å². The van der Waals surface area contributed by atoms with Crippen molar-refractivity contribution < 1.29 is 23.8 Å². The number of benzene rings is 2. The minimum Gasteiger partial charge on any atom is -0.508 e.